The smallest absolute Gasteiger partial charge is 0.140 e. The molecule has 3 heteroatoms. The van der Waals surface area contributed by atoms with Crippen LogP contribution in [0.25, 0.3) is 0 Å². The van der Waals surface area contributed by atoms with Crippen LogP contribution < -0.4 is 10.1 Å². The molecule has 3 nitrogen and oxygen atoms in total. The largest absolute Gasteiger partial charge is 0.491 e. The number of nitrogens with one attached hydrogen (secondary N) is 1. The average Bonchev–Trinajstić information content (AvgIpc) is 2.47. The quantitative estimate of drug-likeness (QED) is 0.879. The van der Waals surface area contributed by atoms with E-state index >= 15 is 0 Å². The lowest BCUT2D eigenvalue weighted by Crippen LogP contribution is -2.10. The lowest BCUT2D eigenvalue weighted by atomic mass is 10.1. The fourth-order valence-corrected chi connectivity index (χ4v) is 2.09. The number of benzene rings is 2. The Morgan fingerprint density at radius 1 is 1.05 bits per heavy atom. The predicted molar refractivity (Wildman–Crippen MR) is 85.4 cm³/mol. The van der Waals surface area contributed by atoms with Gasteiger partial charge in [0.05, 0.1) is 12.2 Å². The maximum atomic E-state index is 9.40. The van der Waals surface area contributed by atoms with Gasteiger partial charge in [0.15, 0.2) is 0 Å². The summed E-state index contributed by atoms with van der Waals surface area (Å²) in [4.78, 5) is 0. The Balaban J connectivity index is 2.15. The second-order valence-corrected chi connectivity index (χ2v) is 5.26. The van der Waals surface area contributed by atoms with Gasteiger partial charge in [-0.15, -0.1) is 0 Å². The summed E-state index contributed by atoms with van der Waals surface area (Å²) < 4.78 is 5.62. The van der Waals surface area contributed by atoms with Crippen LogP contribution >= 0.6 is 0 Å². The number of hydrogen-bond acceptors (Lipinski definition) is 3. The summed E-state index contributed by atoms with van der Waals surface area (Å²) in [5.41, 5.74) is 3.03. The fourth-order valence-electron chi connectivity index (χ4n) is 2.09. The van der Waals surface area contributed by atoms with E-state index in [1.54, 1.807) is 0 Å². The van der Waals surface area contributed by atoms with Gasteiger partial charge < -0.3 is 10.1 Å². The molecule has 0 aliphatic carbocycles. The molecule has 0 aliphatic rings. The maximum absolute atomic E-state index is 9.40. The summed E-state index contributed by atoms with van der Waals surface area (Å²) in [7, 11) is 0. The molecular weight excluding hydrogens is 260 g/mol. The van der Waals surface area contributed by atoms with E-state index in [1.807, 2.05) is 69.3 Å². The Labute approximate surface area is 126 Å². The van der Waals surface area contributed by atoms with E-state index in [9.17, 15) is 5.26 Å². The maximum Gasteiger partial charge on any atom is 0.140 e. The first-order valence-corrected chi connectivity index (χ1v) is 7.08. The number of rotatable bonds is 5. The highest BCUT2D eigenvalue weighted by atomic mass is 16.5. The highest BCUT2D eigenvalue weighted by Gasteiger charge is 2.11. The third-order valence-electron chi connectivity index (χ3n) is 3.16. The zero-order chi connectivity index (χ0) is 15.2. The molecule has 0 saturated heterocycles. The fraction of sp³-hybridized carbons (Fsp3) is 0.278. The Hall–Kier alpha value is -2.47. The first-order chi connectivity index (χ1) is 10.1. The van der Waals surface area contributed by atoms with Crippen molar-refractivity contribution in [2.75, 3.05) is 5.32 Å². The molecule has 2 rings (SSSR count). The Bertz CT molecular complexity index is 626. The molecule has 21 heavy (non-hydrogen) atoms. The molecular formula is C18H20N2O. The zero-order valence-corrected chi connectivity index (χ0v) is 12.6. The normalized spacial score (nSPS) is 11.8. The molecule has 2 aromatic carbocycles. The van der Waals surface area contributed by atoms with Crippen LogP contribution in [0.5, 0.6) is 5.75 Å². The van der Waals surface area contributed by atoms with E-state index < -0.39 is 0 Å². The van der Waals surface area contributed by atoms with Crippen molar-refractivity contribution in [2.24, 2.45) is 0 Å². The molecule has 0 aromatic heterocycles. The van der Waals surface area contributed by atoms with Crippen molar-refractivity contribution in [3.8, 4) is 11.8 Å². The van der Waals surface area contributed by atoms with E-state index in [4.69, 9.17) is 4.74 Å². The molecule has 0 spiro atoms. The summed E-state index contributed by atoms with van der Waals surface area (Å²) in [5.74, 6) is 0.821. The molecule has 0 bridgehead atoms. The van der Waals surface area contributed by atoms with Gasteiger partial charge in [0.2, 0.25) is 0 Å². The lowest BCUT2D eigenvalue weighted by molar-refractivity contribution is 0.242. The molecule has 1 atom stereocenters. The molecule has 108 valence electrons. The summed E-state index contributed by atoms with van der Waals surface area (Å²) in [6.07, 6.45) is 0.146. The summed E-state index contributed by atoms with van der Waals surface area (Å²) in [6.45, 7) is 6.01. The van der Waals surface area contributed by atoms with Crippen molar-refractivity contribution in [2.45, 2.75) is 32.9 Å². The minimum absolute atomic E-state index is 0.146. The van der Waals surface area contributed by atoms with E-state index in [-0.39, 0.29) is 12.1 Å². The number of hydrogen-bond donors (Lipinski definition) is 1. The van der Waals surface area contributed by atoms with Crippen LogP contribution in [0.1, 0.15) is 31.0 Å². The highest BCUT2D eigenvalue weighted by Crippen LogP contribution is 2.23. The molecule has 2 aromatic rings. The van der Waals surface area contributed by atoms with E-state index in [0.717, 1.165) is 22.6 Å². The molecule has 0 aliphatic heterocycles. The molecule has 0 saturated carbocycles. The number of anilines is 1. The van der Waals surface area contributed by atoms with Crippen molar-refractivity contribution < 1.29 is 4.74 Å². The van der Waals surface area contributed by atoms with Crippen LogP contribution in [-0.4, -0.2) is 6.10 Å². The number of nitriles is 1. The van der Waals surface area contributed by atoms with Gasteiger partial charge in [-0.05, 0) is 50.1 Å². The second-order valence-electron chi connectivity index (χ2n) is 5.26. The SMILES string of the molecule is Cc1ccccc1NC(C#N)c1ccc(OC(C)C)cc1. The van der Waals surface area contributed by atoms with Gasteiger partial charge in [0, 0.05) is 5.69 Å². The standard InChI is InChI=1S/C18H20N2O/c1-13(2)21-16-10-8-15(9-11-16)18(12-19)20-17-7-5-4-6-14(17)3/h4-11,13,18,20H,1-3H3. The second kappa shape index (κ2) is 6.81. The van der Waals surface area contributed by atoms with Crippen LogP contribution in [0.3, 0.4) is 0 Å². The third-order valence-corrected chi connectivity index (χ3v) is 3.16. The zero-order valence-electron chi connectivity index (χ0n) is 12.6. The van der Waals surface area contributed by atoms with Gasteiger partial charge in [-0.1, -0.05) is 30.3 Å². The van der Waals surface area contributed by atoms with Gasteiger partial charge in [-0.2, -0.15) is 5.26 Å². The average molecular weight is 280 g/mol. The van der Waals surface area contributed by atoms with E-state index in [1.165, 1.54) is 0 Å². The minimum Gasteiger partial charge on any atom is -0.491 e. The predicted octanol–water partition coefficient (Wildman–Crippen LogP) is 4.46. The van der Waals surface area contributed by atoms with E-state index in [2.05, 4.69) is 11.4 Å². The molecule has 0 radical (unpaired) electrons. The topological polar surface area (TPSA) is 45.0 Å². The van der Waals surface area contributed by atoms with Crippen molar-refractivity contribution in [3.05, 3.63) is 59.7 Å². The van der Waals surface area contributed by atoms with Crippen molar-refractivity contribution in [1.82, 2.24) is 0 Å². The Morgan fingerprint density at radius 2 is 1.71 bits per heavy atom. The molecule has 1 unspecified atom stereocenters. The van der Waals surface area contributed by atoms with Gasteiger partial charge in [-0.3, -0.25) is 0 Å². The third kappa shape index (κ3) is 4.00. The summed E-state index contributed by atoms with van der Waals surface area (Å²) in [5, 5.41) is 12.7. The van der Waals surface area contributed by atoms with Crippen molar-refractivity contribution in [1.29, 1.82) is 5.26 Å². The van der Waals surface area contributed by atoms with Crippen LogP contribution in [0, 0.1) is 18.3 Å². The summed E-state index contributed by atoms with van der Waals surface area (Å²) in [6, 6.07) is 17.5. The Kier molecular flexibility index (Phi) is 4.84. The van der Waals surface area contributed by atoms with Crippen LogP contribution in [0.2, 0.25) is 0 Å². The lowest BCUT2D eigenvalue weighted by Gasteiger charge is -2.16. The molecule has 0 heterocycles. The van der Waals surface area contributed by atoms with Gasteiger partial charge >= 0.3 is 0 Å². The summed E-state index contributed by atoms with van der Waals surface area (Å²) >= 11 is 0. The number of nitrogens with zero attached hydrogens (tertiary/aromatic N) is 1. The molecule has 0 amide bonds. The first kappa shape index (κ1) is 14.9. The van der Waals surface area contributed by atoms with Crippen LogP contribution in [0.4, 0.5) is 5.69 Å². The van der Waals surface area contributed by atoms with Crippen molar-refractivity contribution >= 4 is 5.69 Å². The first-order valence-electron chi connectivity index (χ1n) is 7.08. The minimum atomic E-state index is -0.376. The number of aryl methyl sites for hydroxylation is 1. The Morgan fingerprint density at radius 3 is 2.29 bits per heavy atom. The van der Waals surface area contributed by atoms with Crippen molar-refractivity contribution in [3.63, 3.8) is 0 Å². The van der Waals surface area contributed by atoms with Gasteiger partial charge in [-0.25, -0.2) is 0 Å². The van der Waals surface area contributed by atoms with Crippen LogP contribution in [0.15, 0.2) is 48.5 Å². The monoisotopic (exact) mass is 280 g/mol. The van der Waals surface area contributed by atoms with Crippen LogP contribution in [-0.2, 0) is 0 Å². The molecule has 0 fully saturated rings. The number of para-hydroxylation sites is 1. The number of ether oxygens (including phenoxy) is 1. The van der Waals surface area contributed by atoms with E-state index in [0.29, 0.717) is 0 Å². The molecule has 1 N–H and O–H groups in total. The van der Waals surface area contributed by atoms with Gasteiger partial charge in [0.25, 0.3) is 0 Å². The van der Waals surface area contributed by atoms with Gasteiger partial charge in [0.1, 0.15) is 11.8 Å². The highest BCUT2D eigenvalue weighted by molar-refractivity contribution is 5.53.